The van der Waals surface area contributed by atoms with Crippen LogP contribution in [0.4, 0.5) is 4.79 Å². The van der Waals surface area contributed by atoms with Gasteiger partial charge in [-0.25, -0.2) is 14.2 Å². The fourth-order valence-electron chi connectivity index (χ4n) is 10.2. The third-order valence-corrected chi connectivity index (χ3v) is 15.5. The van der Waals surface area contributed by atoms with E-state index in [0.29, 0.717) is 145 Å². The molecule has 82 heavy (non-hydrogen) atoms. The van der Waals surface area contributed by atoms with E-state index in [-0.39, 0.29) is 23.7 Å². The number of urea groups is 1. The highest BCUT2D eigenvalue weighted by molar-refractivity contribution is 6.35. The summed E-state index contributed by atoms with van der Waals surface area (Å²) in [5, 5.41) is 25.8. The first-order chi connectivity index (χ1) is 40.0. The largest absolute Gasteiger partial charge is 0.379 e. The molecule has 2 atom stereocenters. The monoisotopic (exact) mass is 1200 g/mol. The predicted molar refractivity (Wildman–Crippen MR) is 319 cm³/mol. The fraction of sp³-hybridized carbons (Fsp3) is 0.500. The second kappa shape index (κ2) is 33.4. The molecule has 0 unspecified atom stereocenters. The quantitative estimate of drug-likeness (QED) is 0.0359. The van der Waals surface area contributed by atoms with Gasteiger partial charge in [-0.3, -0.25) is 4.79 Å². The molecule has 0 saturated heterocycles. The zero-order chi connectivity index (χ0) is 57.5. The van der Waals surface area contributed by atoms with Crippen LogP contribution in [0.3, 0.4) is 0 Å². The van der Waals surface area contributed by atoms with E-state index in [9.17, 15) is 9.59 Å². The minimum atomic E-state index is -0.239. The Hall–Kier alpha value is -5.06. The summed E-state index contributed by atoms with van der Waals surface area (Å²) in [5.74, 6) is 0.504. The van der Waals surface area contributed by atoms with Crippen molar-refractivity contribution < 1.29 is 38.0 Å². The molecular formula is C60H76Cl4N10O8. The number of hydrogen-bond donors (Lipinski definition) is 2. The standard InChI is InChI=1S/C60H76Cl4N10O8/c1-71-37-52(50-33-47(61)35-56(63)54(50)39-71)43-9-6-11-45(31-43)58-41-73(69-67-58)17-21-79-25-29-81-27-23-77-19-8-14-49(75)13-4-3-5-15-65-60(76)66-16-20-78-24-28-82-30-26-80-22-18-74-42-59(68-70-74)46-12-7-10-44(32-46)53-38-72(2)40-55-51(53)34-48(62)36-57(55)64/h6-7,9-12,31-36,41-42,52-53H,3-5,8,13-30,37-40H2,1-2H3,(H2,65,66,76)/t52-,53-/m0/s1. The van der Waals surface area contributed by atoms with Crippen LogP contribution in [0.1, 0.15) is 83.7 Å². The Morgan fingerprint density at radius 3 is 1.49 bits per heavy atom. The van der Waals surface area contributed by atoms with E-state index >= 15 is 0 Å². The molecule has 22 heteroatoms. The van der Waals surface area contributed by atoms with Crippen molar-refractivity contribution in [2.24, 2.45) is 0 Å². The Morgan fingerprint density at radius 2 is 0.976 bits per heavy atom. The van der Waals surface area contributed by atoms with Crippen molar-refractivity contribution in [2.75, 3.05) is 120 Å². The molecule has 4 aromatic carbocycles. The smallest absolute Gasteiger partial charge is 0.314 e. The summed E-state index contributed by atoms with van der Waals surface area (Å²) in [4.78, 5) is 29.0. The summed E-state index contributed by atoms with van der Waals surface area (Å²) in [5.41, 5.74) is 10.5. The Kier molecular flexibility index (Phi) is 25.7. The molecule has 2 aromatic heterocycles. The highest BCUT2D eigenvalue weighted by atomic mass is 35.5. The molecule has 18 nitrogen and oxygen atoms in total. The number of rotatable bonds is 35. The van der Waals surface area contributed by atoms with Gasteiger partial charge >= 0.3 is 6.03 Å². The van der Waals surface area contributed by atoms with Gasteiger partial charge in [0.1, 0.15) is 17.2 Å². The number of nitrogens with one attached hydrogen (secondary N) is 2. The maximum atomic E-state index is 12.3. The van der Waals surface area contributed by atoms with Crippen LogP contribution < -0.4 is 10.6 Å². The molecule has 8 rings (SSSR count). The Labute approximate surface area is 501 Å². The first-order valence-corrected chi connectivity index (χ1v) is 29.8. The second-order valence-corrected chi connectivity index (χ2v) is 22.4. The van der Waals surface area contributed by atoms with Gasteiger partial charge in [0.05, 0.1) is 98.2 Å². The van der Waals surface area contributed by atoms with Gasteiger partial charge in [-0.2, -0.15) is 0 Å². The molecule has 2 N–H and O–H groups in total. The van der Waals surface area contributed by atoms with Gasteiger partial charge in [0.2, 0.25) is 0 Å². The summed E-state index contributed by atoms with van der Waals surface area (Å²) < 4.78 is 37.6. The summed E-state index contributed by atoms with van der Waals surface area (Å²) in [6, 6.07) is 24.3. The summed E-state index contributed by atoms with van der Waals surface area (Å²) >= 11 is 26.0. The van der Waals surface area contributed by atoms with Gasteiger partial charge in [-0.15, -0.1) is 10.2 Å². The van der Waals surface area contributed by atoms with Gasteiger partial charge in [-0.1, -0.05) is 99.6 Å². The molecule has 0 radical (unpaired) electrons. The number of carbonyl (C=O) groups is 2. The molecular weight excluding hydrogens is 1130 g/mol. The SMILES string of the molecule is CN1Cc2c(Cl)cc(Cl)cc2[C@H](c2cccc(-c3cn(CCOCCOCCOCCCC(=O)CCCCCNC(=O)NCCOCCOCCOCCn4cc(-c5cccc([C@@H]6CN(C)Cc7c(Cl)cc(Cl)cc76)c5)nn4)nn3)c2)C1. The summed E-state index contributed by atoms with van der Waals surface area (Å²) in [7, 11) is 4.21. The van der Waals surface area contributed by atoms with Crippen molar-refractivity contribution in [3.8, 4) is 22.5 Å². The molecule has 2 aliphatic heterocycles. The second-order valence-electron chi connectivity index (χ2n) is 20.7. The van der Waals surface area contributed by atoms with Crippen LogP contribution in [0, 0.1) is 0 Å². The van der Waals surface area contributed by atoms with E-state index in [2.05, 4.69) is 91.6 Å². The van der Waals surface area contributed by atoms with Crippen molar-refractivity contribution in [1.29, 1.82) is 0 Å². The number of amides is 2. The van der Waals surface area contributed by atoms with Crippen LogP contribution in [0.15, 0.2) is 85.2 Å². The van der Waals surface area contributed by atoms with Crippen molar-refractivity contribution in [1.82, 2.24) is 50.4 Å². The van der Waals surface area contributed by atoms with Crippen LogP contribution in [0.5, 0.6) is 0 Å². The average molecular weight is 1210 g/mol. The zero-order valence-corrected chi connectivity index (χ0v) is 50.0. The lowest BCUT2D eigenvalue weighted by Crippen LogP contribution is -2.37. The molecule has 6 aromatic rings. The number of likely N-dealkylation sites (N-methyl/N-ethyl adjacent to an activating group) is 2. The molecule has 0 fully saturated rings. The van der Waals surface area contributed by atoms with E-state index in [0.717, 1.165) is 79.1 Å². The third-order valence-electron chi connectivity index (χ3n) is 14.3. The first kappa shape index (κ1) is 63.0. The molecule has 0 spiro atoms. The maximum Gasteiger partial charge on any atom is 0.314 e. The lowest BCUT2D eigenvalue weighted by molar-refractivity contribution is -0.119. The van der Waals surface area contributed by atoms with Gasteiger partial charge < -0.3 is 48.9 Å². The molecule has 442 valence electrons. The topological polar surface area (TPSA) is 181 Å². The van der Waals surface area contributed by atoms with Gasteiger partial charge in [-0.05, 0) is 103 Å². The van der Waals surface area contributed by atoms with Gasteiger partial charge in [0, 0.05) is 102 Å². The predicted octanol–water partition coefficient (Wildman–Crippen LogP) is 9.98. The molecule has 2 aliphatic rings. The number of benzene rings is 4. The zero-order valence-electron chi connectivity index (χ0n) is 47.0. The third kappa shape index (κ3) is 19.8. The van der Waals surface area contributed by atoms with Gasteiger partial charge in [0.25, 0.3) is 0 Å². The number of ketones is 1. The fourth-order valence-corrected chi connectivity index (χ4v) is 11.3. The van der Waals surface area contributed by atoms with E-state index in [1.165, 1.54) is 22.3 Å². The van der Waals surface area contributed by atoms with Crippen molar-refractivity contribution >= 4 is 58.2 Å². The minimum absolute atomic E-state index is 0.137. The maximum absolute atomic E-state index is 12.3. The summed E-state index contributed by atoms with van der Waals surface area (Å²) in [6.07, 6.45) is 8.02. The Balaban J connectivity index is 0.549. The highest BCUT2D eigenvalue weighted by Crippen LogP contribution is 2.41. The first-order valence-electron chi connectivity index (χ1n) is 28.3. The molecule has 0 bridgehead atoms. The number of Topliss-reactive ketones (excluding diaryl/α,β-unsaturated/α-hetero) is 1. The van der Waals surface area contributed by atoms with E-state index in [1.54, 1.807) is 9.36 Å². The van der Waals surface area contributed by atoms with E-state index in [4.69, 9.17) is 74.8 Å². The van der Waals surface area contributed by atoms with Crippen molar-refractivity contribution in [2.45, 2.75) is 76.5 Å². The lowest BCUT2D eigenvalue weighted by Gasteiger charge is -2.33. The number of hydrogen-bond acceptors (Lipinski definition) is 14. The highest BCUT2D eigenvalue weighted by Gasteiger charge is 2.29. The van der Waals surface area contributed by atoms with Crippen LogP contribution in [0.2, 0.25) is 20.1 Å². The van der Waals surface area contributed by atoms with Crippen LogP contribution in [-0.2, 0) is 59.4 Å². The number of nitrogens with zero attached hydrogens (tertiary/aromatic N) is 8. The molecule has 2 amide bonds. The lowest BCUT2D eigenvalue weighted by atomic mass is 9.84. The number of halogens is 4. The molecule has 0 aliphatic carbocycles. The minimum Gasteiger partial charge on any atom is -0.379 e. The van der Waals surface area contributed by atoms with E-state index < -0.39 is 0 Å². The number of ether oxygens (including phenoxy) is 6. The number of carbonyl (C=O) groups excluding carboxylic acids is 2. The Morgan fingerprint density at radius 1 is 0.524 bits per heavy atom. The average Bonchev–Trinajstić information content (AvgIpc) is 3.76. The van der Waals surface area contributed by atoms with Crippen LogP contribution >= 0.6 is 46.4 Å². The number of unbranched alkanes of at least 4 members (excludes halogenated alkanes) is 2. The molecule has 4 heterocycles. The van der Waals surface area contributed by atoms with Crippen molar-refractivity contribution in [3.63, 3.8) is 0 Å². The normalized spacial score (nSPS) is 15.4. The number of aromatic nitrogens is 6. The van der Waals surface area contributed by atoms with Gasteiger partial charge in [0.15, 0.2) is 0 Å². The Bertz CT molecular complexity index is 2770. The van der Waals surface area contributed by atoms with Crippen molar-refractivity contribution in [3.05, 3.63) is 139 Å². The van der Waals surface area contributed by atoms with Crippen LogP contribution in [0.25, 0.3) is 22.5 Å². The number of fused-ring (bicyclic) bond motifs is 2. The van der Waals surface area contributed by atoms with Crippen LogP contribution in [-0.4, -0.2) is 171 Å². The summed E-state index contributed by atoms with van der Waals surface area (Å²) in [6.45, 7) is 10.7. The molecule has 0 saturated carbocycles. The van der Waals surface area contributed by atoms with E-state index in [1.807, 2.05) is 48.8 Å².